The van der Waals surface area contributed by atoms with Crippen LogP contribution in [0.5, 0.6) is 0 Å². The normalized spacial score (nSPS) is 23.8. The molecule has 0 bridgehead atoms. The molecule has 2 aromatic carbocycles. The van der Waals surface area contributed by atoms with Crippen LogP contribution in [0.15, 0.2) is 71.2 Å². The fourth-order valence-electron chi connectivity index (χ4n) is 5.36. The number of benzene rings is 2. The molecule has 0 saturated carbocycles. The number of rotatable bonds is 1. The van der Waals surface area contributed by atoms with Gasteiger partial charge in [0.05, 0.1) is 5.57 Å². The Bertz CT molecular complexity index is 1290. The molecule has 0 saturated heterocycles. The van der Waals surface area contributed by atoms with Crippen LogP contribution in [0.2, 0.25) is 0 Å². The number of nitrogens with zero attached hydrogens (tertiary/aromatic N) is 2. The summed E-state index contributed by atoms with van der Waals surface area (Å²) in [5.41, 5.74) is 9.05. The van der Waals surface area contributed by atoms with Crippen LogP contribution in [-0.2, 0) is 15.0 Å². The number of Topliss-reactive ketones (excluding diaryl/α,β-unsaturated/α-hetero) is 1. The van der Waals surface area contributed by atoms with Gasteiger partial charge in [0.25, 0.3) is 0 Å². The first-order valence-electron chi connectivity index (χ1n) is 10.7. The Morgan fingerprint density at radius 1 is 1.06 bits per heavy atom. The molecule has 6 heteroatoms. The second-order valence-electron chi connectivity index (χ2n) is 9.56. The molecule has 0 radical (unpaired) electrons. The molecule has 2 heterocycles. The number of para-hydroxylation sites is 1. The minimum absolute atomic E-state index is 0.0901. The first kappa shape index (κ1) is 20.1. The first-order chi connectivity index (χ1) is 15.2. The lowest BCUT2D eigenvalue weighted by Crippen LogP contribution is -2.52. The maximum Gasteiger partial charge on any atom is 0.245 e. The number of ketones is 1. The minimum Gasteiger partial charge on any atom is -0.384 e. The number of amides is 1. The lowest BCUT2D eigenvalue weighted by atomic mass is 9.61. The number of hydrogen-bond donors (Lipinski definition) is 2. The Balaban J connectivity index is 1.89. The van der Waals surface area contributed by atoms with Crippen molar-refractivity contribution in [3.8, 4) is 6.07 Å². The number of nitrogens with two attached hydrogens (primary N) is 1. The highest BCUT2D eigenvalue weighted by atomic mass is 16.2. The summed E-state index contributed by atoms with van der Waals surface area (Å²) in [6, 6.07) is 17.2. The van der Waals surface area contributed by atoms with Crippen LogP contribution in [0.1, 0.15) is 37.8 Å². The Hall–Kier alpha value is -3.85. The van der Waals surface area contributed by atoms with E-state index in [0.29, 0.717) is 35.4 Å². The van der Waals surface area contributed by atoms with Gasteiger partial charge >= 0.3 is 0 Å². The molecule has 1 unspecified atom stereocenters. The Morgan fingerprint density at radius 2 is 1.75 bits per heavy atom. The third kappa shape index (κ3) is 2.51. The zero-order chi connectivity index (χ0) is 22.8. The van der Waals surface area contributed by atoms with Crippen molar-refractivity contribution in [1.29, 1.82) is 5.26 Å². The third-order valence-electron chi connectivity index (χ3n) is 6.69. The number of aryl methyl sites for hydroxylation is 1. The predicted molar refractivity (Wildman–Crippen MR) is 122 cm³/mol. The molecule has 1 amide bonds. The number of nitrogens with one attached hydrogen (secondary N) is 1. The van der Waals surface area contributed by atoms with Crippen molar-refractivity contribution in [3.63, 3.8) is 0 Å². The van der Waals surface area contributed by atoms with Gasteiger partial charge in [-0.3, -0.25) is 14.5 Å². The van der Waals surface area contributed by atoms with E-state index in [9.17, 15) is 14.9 Å². The number of anilines is 2. The van der Waals surface area contributed by atoms with Crippen molar-refractivity contribution in [1.82, 2.24) is 0 Å². The number of hydrogen-bond acceptors (Lipinski definition) is 5. The smallest absolute Gasteiger partial charge is 0.245 e. The van der Waals surface area contributed by atoms with E-state index in [-0.39, 0.29) is 22.6 Å². The van der Waals surface area contributed by atoms with E-state index in [0.717, 1.165) is 11.3 Å². The molecule has 3 N–H and O–H groups in total. The Morgan fingerprint density at radius 3 is 2.44 bits per heavy atom. The van der Waals surface area contributed by atoms with Gasteiger partial charge in [-0.25, -0.2) is 0 Å². The van der Waals surface area contributed by atoms with Gasteiger partial charge in [0.1, 0.15) is 17.3 Å². The lowest BCUT2D eigenvalue weighted by Gasteiger charge is -2.46. The number of carbonyl (C=O) groups excluding carboxylic acids is 2. The van der Waals surface area contributed by atoms with Crippen LogP contribution in [0.25, 0.3) is 0 Å². The molecule has 6 nitrogen and oxygen atoms in total. The van der Waals surface area contributed by atoms with Gasteiger partial charge in [0.2, 0.25) is 5.91 Å². The maximum absolute atomic E-state index is 13.7. The average Bonchev–Trinajstić information content (AvgIpc) is 3.01. The van der Waals surface area contributed by atoms with Gasteiger partial charge in [-0.05, 0) is 37.0 Å². The van der Waals surface area contributed by atoms with Gasteiger partial charge in [-0.15, -0.1) is 0 Å². The number of nitriles is 1. The second-order valence-corrected chi connectivity index (χ2v) is 9.56. The van der Waals surface area contributed by atoms with Crippen molar-refractivity contribution < 1.29 is 9.59 Å². The molecule has 1 spiro atoms. The standard InChI is InChI=1S/C26H24N4O2/c1-15-8-10-16(11-9-15)30-20-12-25(2,3)13-21(31)22(20)26(18(14-27)23(30)28)17-6-4-5-7-19(17)29-24(26)32/h4-11H,12-13,28H2,1-3H3,(H,29,32). The summed E-state index contributed by atoms with van der Waals surface area (Å²) in [7, 11) is 0. The fraction of sp³-hybridized carbons (Fsp3) is 0.269. The third-order valence-corrected chi connectivity index (χ3v) is 6.69. The largest absolute Gasteiger partial charge is 0.384 e. The molecule has 2 aliphatic heterocycles. The van der Waals surface area contributed by atoms with E-state index >= 15 is 0 Å². The second kappa shape index (κ2) is 6.57. The topological polar surface area (TPSA) is 99.2 Å². The quantitative estimate of drug-likeness (QED) is 0.720. The number of allylic oxidation sites excluding steroid dienone is 1. The number of fused-ring (bicyclic) bond motifs is 3. The van der Waals surface area contributed by atoms with Gasteiger partial charge in [0.15, 0.2) is 5.78 Å². The molecule has 5 rings (SSSR count). The molecular formula is C26H24N4O2. The summed E-state index contributed by atoms with van der Waals surface area (Å²) in [6.07, 6.45) is 0.849. The van der Waals surface area contributed by atoms with Crippen molar-refractivity contribution in [2.45, 2.75) is 39.0 Å². The zero-order valence-electron chi connectivity index (χ0n) is 18.3. The minimum atomic E-state index is -1.53. The van der Waals surface area contributed by atoms with Gasteiger partial charge in [-0.1, -0.05) is 49.7 Å². The van der Waals surface area contributed by atoms with E-state index in [4.69, 9.17) is 5.73 Å². The van der Waals surface area contributed by atoms with Gasteiger partial charge in [0, 0.05) is 34.6 Å². The van der Waals surface area contributed by atoms with Gasteiger partial charge < -0.3 is 11.1 Å². The molecule has 160 valence electrons. The summed E-state index contributed by atoms with van der Waals surface area (Å²) in [6.45, 7) is 6.07. The summed E-state index contributed by atoms with van der Waals surface area (Å²) in [4.78, 5) is 29.1. The maximum atomic E-state index is 13.7. The highest BCUT2D eigenvalue weighted by molar-refractivity contribution is 6.20. The summed E-state index contributed by atoms with van der Waals surface area (Å²) < 4.78 is 0. The Labute approximate surface area is 187 Å². The van der Waals surface area contributed by atoms with Crippen LogP contribution < -0.4 is 16.0 Å². The van der Waals surface area contributed by atoms with E-state index in [1.54, 1.807) is 17.0 Å². The van der Waals surface area contributed by atoms with E-state index < -0.39 is 11.3 Å². The molecule has 3 aliphatic rings. The molecule has 2 aromatic rings. The van der Waals surface area contributed by atoms with Crippen molar-refractivity contribution in [3.05, 3.63) is 82.3 Å². The summed E-state index contributed by atoms with van der Waals surface area (Å²) in [5, 5.41) is 13.2. The molecule has 1 atom stereocenters. The number of carbonyl (C=O) groups is 2. The van der Waals surface area contributed by atoms with Crippen molar-refractivity contribution in [2.75, 3.05) is 10.2 Å². The summed E-state index contributed by atoms with van der Waals surface area (Å²) in [5.74, 6) is -0.338. The fourth-order valence-corrected chi connectivity index (χ4v) is 5.36. The van der Waals surface area contributed by atoms with Crippen LogP contribution in [0.3, 0.4) is 0 Å². The van der Waals surface area contributed by atoms with E-state index in [1.165, 1.54) is 0 Å². The lowest BCUT2D eigenvalue weighted by molar-refractivity contribution is -0.123. The van der Waals surface area contributed by atoms with E-state index in [2.05, 4.69) is 11.4 Å². The van der Waals surface area contributed by atoms with Crippen LogP contribution >= 0.6 is 0 Å². The molecule has 0 aromatic heterocycles. The highest BCUT2D eigenvalue weighted by Crippen LogP contribution is 2.56. The summed E-state index contributed by atoms with van der Waals surface area (Å²) >= 11 is 0. The predicted octanol–water partition coefficient (Wildman–Crippen LogP) is 4.04. The SMILES string of the molecule is Cc1ccc(N2C(N)=C(C#N)C3(C(=O)Nc4ccccc43)C3=C2CC(C)(C)CC3=O)cc1. The molecule has 1 aliphatic carbocycles. The first-order valence-corrected chi connectivity index (χ1v) is 10.7. The molecule has 0 fully saturated rings. The average molecular weight is 425 g/mol. The highest BCUT2D eigenvalue weighted by Gasteiger charge is 2.61. The monoisotopic (exact) mass is 424 g/mol. The molecular weight excluding hydrogens is 400 g/mol. The van der Waals surface area contributed by atoms with Gasteiger partial charge in [-0.2, -0.15) is 5.26 Å². The van der Waals surface area contributed by atoms with E-state index in [1.807, 2.05) is 57.2 Å². The zero-order valence-corrected chi connectivity index (χ0v) is 18.3. The van der Waals surface area contributed by atoms with Crippen LogP contribution in [0.4, 0.5) is 11.4 Å². The van der Waals surface area contributed by atoms with Crippen molar-refractivity contribution >= 4 is 23.1 Å². The van der Waals surface area contributed by atoms with Crippen molar-refractivity contribution in [2.24, 2.45) is 11.1 Å². The van der Waals surface area contributed by atoms with Crippen LogP contribution in [-0.4, -0.2) is 11.7 Å². The molecule has 32 heavy (non-hydrogen) atoms. The van der Waals surface area contributed by atoms with Crippen LogP contribution in [0, 0.1) is 23.7 Å². The Kier molecular flexibility index (Phi) is 4.12.